The number of nitrogens with zero attached hydrogens (tertiary/aromatic N) is 1. The molecule has 0 aliphatic carbocycles. The highest BCUT2D eigenvalue weighted by atomic mass is 32.1. The zero-order valence-electron chi connectivity index (χ0n) is 10.1. The number of aromatic amines is 1. The third-order valence-corrected chi connectivity index (χ3v) is 3.99. The summed E-state index contributed by atoms with van der Waals surface area (Å²) in [7, 11) is 0. The molecule has 1 aromatic carbocycles. The molecule has 96 valence electrons. The number of benzene rings is 1. The molecule has 3 rings (SSSR count). The number of hydrogen-bond donors (Lipinski definition) is 1. The highest BCUT2D eigenvalue weighted by Gasteiger charge is 2.07. The Balaban J connectivity index is 2.04. The Kier molecular flexibility index (Phi) is 3.05. The van der Waals surface area contributed by atoms with Crippen LogP contribution in [-0.4, -0.2) is 9.55 Å². The molecule has 0 saturated heterocycles. The van der Waals surface area contributed by atoms with E-state index in [1.165, 1.54) is 9.44 Å². The summed E-state index contributed by atoms with van der Waals surface area (Å²) in [5, 5.41) is 2.54. The van der Waals surface area contributed by atoms with E-state index in [0.29, 0.717) is 23.9 Å². The molecule has 0 saturated carbocycles. The third-order valence-electron chi connectivity index (χ3n) is 3.05. The fourth-order valence-electron chi connectivity index (χ4n) is 2.08. The van der Waals surface area contributed by atoms with Crippen LogP contribution >= 0.6 is 11.3 Å². The SMILES string of the molecule is O=c1[nH]c2ccccc2c(=O)n1CCc1cccs1. The molecule has 0 bridgehead atoms. The van der Waals surface area contributed by atoms with E-state index in [9.17, 15) is 9.59 Å². The minimum Gasteiger partial charge on any atom is -0.307 e. The summed E-state index contributed by atoms with van der Waals surface area (Å²) in [4.78, 5) is 28.1. The topological polar surface area (TPSA) is 54.9 Å². The Bertz CT molecular complexity index is 815. The lowest BCUT2D eigenvalue weighted by molar-refractivity contribution is 0.640. The van der Waals surface area contributed by atoms with Gasteiger partial charge in [0.2, 0.25) is 0 Å². The fourth-order valence-corrected chi connectivity index (χ4v) is 2.78. The summed E-state index contributed by atoms with van der Waals surface area (Å²) >= 11 is 1.63. The zero-order chi connectivity index (χ0) is 13.2. The van der Waals surface area contributed by atoms with E-state index in [2.05, 4.69) is 4.98 Å². The van der Waals surface area contributed by atoms with Crippen LogP contribution in [0.25, 0.3) is 10.9 Å². The maximum atomic E-state index is 12.3. The first-order chi connectivity index (χ1) is 9.25. The van der Waals surface area contributed by atoms with Gasteiger partial charge in [0.15, 0.2) is 0 Å². The van der Waals surface area contributed by atoms with Crippen LogP contribution in [-0.2, 0) is 13.0 Å². The van der Waals surface area contributed by atoms with E-state index in [4.69, 9.17) is 0 Å². The van der Waals surface area contributed by atoms with Crippen molar-refractivity contribution >= 4 is 22.2 Å². The van der Waals surface area contributed by atoms with Gasteiger partial charge in [-0.25, -0.2) is 4.79 Å². The van der Waals surface area contributed by atoms with Crippen molar-refractivity contribution in [3.8, 4) is 0 Å². The number of rotatable bonds is 3. The van der Waals surface area contributed by atoms with Gasteiger partial charge >= 0.3 is 5.69 Å². The van der Waals surface area contributed by atoms with Crippen molar-refractivity contribution in [1.29, 1.82) is 0 Å². The Hall–Kier alpha value is -2.14. The Labute approximate surface area is 113 Å². The van der Waals surface area contributed by atoms with Gasteiger partial charge in [0.25, 0.3) is 5.56 Å². The molecule has 0 fully saturated rings. The van der Waals surface area contributed by atoms with Crippen LogP contribution < -0.4 is 11.2 Å². The second-order valence-corrected chi connectivity index (χ2v) is 5.29. The van der Waals surface area contributed by atoms with Crippen molar-refractivity contribution in [1.82, 2.24) is 9.55 Å². The standard InChI is InChI=1S/C14H12N2O2S/c17-13-11-5-1-2-6-12(11)15-14(18)16(13)8-7-10-4-3-9-19-10/h1-6,9H,7-8H2,(H,15,18). The second-order valence-electron chi connectivity index (χ2n) is 4.26. The van der Waals surface area contributed by atoms with Crippen LogP contribution in [0.15, 0.2) is 51.4 Å². The first-order valence-electron chi connectivity index (χ1n) is 6.00. The predicted molar refractivity (Wildman–Crippen MR) is 76.9 cm³/mol. The molecule has 4 nitrogen and oxygen atoms in total. The van der Waals surface area contributed by atoms with E-state index < -0.39 is 0 Å². The minimum absolute atomic E-state index is 0.226. The molecule has 1 N–H and O–H groups in total. The van der Waals surface area contributed by atoms with E-state index in [1.54, 1.807) is 35.6 Å². The second kappa shape index (κ2) is 4.85. The molecular weight excluding hydrogens is 260 g/mol. The molecule has 19 heavy (non-hydrogen) atoms. The molecular formula is C14H12N2O2S. The van der Waals surface area contributed by atoms with Gasteiger partial charge in [0, 0.05) is 11.4 Å². The number of aryl methyl sites for hydroxylation is 1. The molecule has 2 aromatic heterocycles. The lowest BCUT2D eigenvalue weighted by atomic mass is 10.2. The first kappa shape index (κ1) is 11.9. The van der Waals surface area contributed by atoms with Crippen molar-refractivity contribution in [3.63, 3.8) is 0 Å². The number of hydrogen-bond acceptors (Lipinski definition) is 3. The lowest BCUT2D eigenvalue weighted by Gasteiger charge is -2.05. The van der Waals surface area contributed by atoms with E-state index >= 15 is 0 Å². The van der Waals surface area contributed by atoms with Crippen LogP contribution in [0.4, 0.5) is 0 Å². The average Bonchev–Trinajstić information content (AvgIpc) is 2.92. The van der Waals surface area contributed by atoms with Crippen LogP contribution in [0.1, 0.15) is 4.88 Å². The number of H-pyrrole nitrogens is 1. The summed E-state index contributed by atoms with van der Waals surface area (Å²) in [6, 6.07) is 11.0. The largest absolute Gasteiger partial charge is 0.328 e. The van der Waals surface area contributed by atoms with Crippen molar-refractivity contribution < 1.29 is 0 Å². The smallest absolute Gasteiger partial charge is 0.307 e. The number of thiophene rings is 1. The molecule has 0 atom stereocenters. The van der Waals surface area contributed by atoms with Gasteiger partial charge in [-0.3, -0.25) is 9.36 Å². The fraction of sp³-hybridized carbons (Fsp3) is 0.143. The monoisotopic (exact) mass is 272 g/mol. The summed E-state index contributed by atoms with van der Waals surface area (Å²) in [6.07, 6.45) is 0.693. The van der Waals surface area contributed by atoms with Crippen LogP contribution in [0.3, 0.4) is 0 Å². The molecule has 0 aliphatic heterocycles. The Morgan fingerprint density at radius 3 is 2.74 bits per heavy atom. The maximum absolute atomic E-state index is 12.3. The van der Waals surface area contributed by atoms with Crippen molar-refractivity contribution in [2.24, 2.45) is 0 Å². The predicted octanol–water partition coefficient (Wildman–Crippen LogP) is 1.99. The molecule has 3 aromatic rings. The van der Waals surface area contributed by atoms with Gasteiger partial charge in [-0.05, 0) is 30.0 Å². The molecule has 0 aliphatic rings. The average molecular weight is 272 g/mol. The molecule has 5 heteroatoms. The van der Waals surface area contributed by atoms with Gasteiger partial charge < -0.3 is 4.98 Å². The van der Waals surface area contributed by atoms with Gasteiger partial charge in [-0.15, -0.1) is 11.3 Å². The summed E-state index contributed by atoms with van der Waals surface area (Å²) in [6.45, 7) is 0.402. The van der Waals surface area contributed by atoms with Crippen LogP contribution in [0.2, 0.25) is 0 Å². The molecule has 0 radical (unpaired) electrons. The van der Waals surface area contributed by atoms with Crippen LogP contribution in [0.5, 0.6) is 0 Å². The normalized spacial score (nSPS) is 10.9. The number of nitrogens with one attached hydrogen (secondary N) is 1. The van der Waals surface area contributed by atoms with Gasteiger partial charge in [-0.1, -0.05) is 18.2 Å². The van der Waals surface area contributed by atoms with E-state index in [-0.39, 0.29) is 11.2 Å². The molecule has 0 unspecified atom stereocenters. The molecule has 0 amide bonds. The summed E-state index contributed by atoms with van der Waals surface area (Å²) in [5.74, 6) is 0. The van der Waals surface area contributed by atoms with Gasteiger partial charge in [-0.2, -0.15) is 0 Å². The third kappa shape index (κ3) is 2.24. The van der Waals surface area contributed by atoms with Crippen molar-refractivity contribution in [3.05, 3.63) is 67.5 Å². The Morgan fingerprint density at radius 2 is 1.95 bits per heavy atom. The Morgan fingerprint density at radius 1 is 1.11 bits per heavy atom. The number of para-hydroxylation sites is 1. The van der Waals surface area contributed by atoms with Crippen molar-refractivity contribution in [2.45, 2.75) is 13.0 Å². The molecule has 2 heterocycles. The lowest BCUT2D eigenvalue weighted by Crippen LogP contribution is -2.35. The van der Waals surface area contributed by atoms with Crippen LogP contribution in [0, 0.1) is 0 Å². The highest BCUT2D eigenvalue weighted by molar-refractivity contribution is 7.09. The number of aromatic nitrogens is 2. The summed E-state index contributed by atoms with van der Waals surface area (Å²) < 4.78 is 1.27. The molecule has 0 spiro atoms. The van der Waals surface area contributed by atoms with E-state index in [0.717, 1.165) is 0 Å². The van der Waals surface area contributed by atoms with Gasteiger partial charge in [0.05, 0.1) is 10.9 Å². The van der Waals surface area contributed by atoms with Gasteiger partial charge in [0.1, 0.15) is 0 Å². The quantitative estimate of drug-likeness (QED) is 0.792. The number of fused-ring (bicyclic) bond motifs is 1. The highest BCUT2D eigenvalue weighted by Crippen LogP contribution is 2.09. The maximum Gasteiger partial charge on any atom is 0.328 e. The first-order valence-corrected chi connectivity index (χ1v) is 6.88. The zero-order valence-corrected chi connectivity index (χ0v) is 10.9. The van der Waals surface area contributed by atoms with Crippen molar-refractivity contribution in [2.75, 3.05) is 0 Å². The van der Waals surface area contributed by atoms with E-state index in [1.807, 2.05) is 17.5 Å². The summed E-state index contributed by atoms with van der Waals surface area (Å²) in [5.41, 5.74) is 0.0148. The minimum atomic E-state index is -0.347.